The van der Waals surface area contributed by atoms with E-state index in [-0.39, 0.29) is 18.0 Å². The lowest BCUT2D eigenvalue weighted by molar-refractivity contribution is -0.149. The summed E-state index contributed by atoms with van der Waals surface area (Å²) in [6, 6.07) is 0. The normalized spacial score (nSPS) is 28.0. The lowest BCUT2D eigenvalue weighted by Crippen LogP contribution is -2.42. The van der Waals surface area contributed by atoms with E-state index in [1.807, 2.05) is 0 Å². The van der Waals surface area contributed by atoms with Gasteiger partial charge >= 0.3 is 5.97 Å². The molecule has 5 nitrogen and oxygen atoms in total. The molecule has 0 aromatic rings. The fourth-order valence-corrected chi connectivity index (χ4v) is 3.70. The van der Waals surface area contributed by atoms with E-state index < -0.39 is 5.60 Å². The Labute approximate surface area is 125 Å². The van der Waals surface area contributed by atoms with Crippen molar-refractivity contribution >= 4 is 11.9 Å². The molecule has 1 N–H and O–H groups in total. The molecule has 1 unspecified atom stereocenters. The summed E-state index contributed by atoms with van der Waals surface area (Å²) in [5.74, 6) is -0.491. The maximum atomic E-state index is 12.6. The summed E-state index contributed by atoms with van der Waals surface area (Å²) in [4.78, 5) is 24.5. The van der Waals surface area contributed by atoms with Gasteiger partial charge in [-0.25, -0.2) is 4.79 Å². The first-order chi connectivity index (χ1) is 10.1. The molecule has 0 aromatic heterocycles. The maximum absolute atomic E-state index is 12.6. The third-order valence-corrected chi connectivity index (χ3v) is 4.83. The molecule has 116 valence electrons. The van der Waals surface area contributed by atoms with E-state index in [4.69, 9.17) is 9.47 Å². The predicted octanol–water partition coefficient (Wildman–Crippen LogP) is 1.86. The zero-order chi connectivity index (χ0) is 14.9. The molecule has 1 saturated heterocycles. The van der Waals surface area contributed by atoms with Crippen molar-refractivity contribution < 1.29 is 19.1 Å². The Morgan fingerprint density at radius 3 is 2.71 bits per heavy atom. The van der Waals surface area contributed by atoms with E-state index in [0.29, 0.717) is 17.7 Å². The highest BCUT2D eigenvalue weighted by Crippen LogP contribution is 2.43. The monoisotopic (exact) mass is 293 g/mol. The average molecular weight is 293 g/mol. The minimum absolute atomic E-state index is 0.107. The van der Waals surface area contributed by atoms with Crippen LogP contribution in [0.25, 0.3) is 0 Å². The standard InChI is InChI=1S/C16H23NO4/c1-11-13(14(18)17-10-12-6-5-9-20-12)16(21-15(11)19)7-3-2-4-8-16/h12H,2-10H2,1H3,(H,17,18). The highest BCUT2D eigenvalue weighted by molar-refractivity contribution is 6.07. The van der Waals surface area contributed by atoms with Crippen LogP contribution in [-0.4, -0.2) is 36.7 Å². The molecule has 1 amide bonds. The minimum atomic E-state index is -0.667. The molecule has 21 heavy (non-hydrogen) atoms. The SMILES string of the molecule is CC1=C(C(=O)NCC2CCCO2)C2(CCCCC2)OC1=O. The van der Waals surface area contributed by atoms with Crippen molar-refractivity contribution in [1.82, 2.24) is 5.32 Å². The topological polar surface area (TPSA) is 64.6 Å². The summed E-state index contributed by atoms with van der Waals surface area (Å²) < 4.78 is 11.1. The Balaban J connectivity index is 1.73. The number of amides is 1. The molecular weight excluding hydrogens is 270 g/mol. The van der Waals surface area contributed by atoms with Crippen molar-refractivity contribution in [3.05, 3.63) is 11.1 Å². The van der Waals surface area contributed by atoms with Crippen LogP contribution in [0.4, 0.5) is 0 Å². The van der Waals surface area contributed by atoms with Crippen molar-refractivity contribution in [1.29, 1.82) is 0 Å². The molecule has 0 bridgehead atoms. The molecule has 1 atom stereocenters. The molecule has 2 fully saturated rings. The first-order valence-electron chi connectivity index (χ1n) is 7.97. The van der Waals surface area contributed by atoms with Crippen LogP contribution in [0.1, 0.15) is 51.9 Å². The second kappa shape index (κ2) is 5.79. The number of nitrogens with one attached hydrogen (secondary N) is 1. The molecule has 1 spiro atoms. The molecule has 0 radical (unpaired) electrons. The van der Waals surface area contributed by atoms with Crippen molar-refractivity contribution in [2.24, 2.45) is 0 Å². The van der Waals surface area contributed by atoms with Crippen molar-refractivity contribution in [3.8, 4) is 0 Å². The minimum Gasteiger partial charge on any atom is -0.451 e. The van der Waals surface area contributed by atoms with Gasteiger partial charge in [-0.1, -0.05) is 6.42 Å². The zero-order valence-corrected chi connectivity index (χ0v) is 12.6. The molecule has 0 aromatic carbocycles. The van der Waals surface area contributed by atoms with Crippen molar-refractivity contribution in [2.45, 2.75) is 63.6 Å². The smallest absolute Gasteiger partial charge is 0.335 e. The van der Waals surface area contributed by atoms with Gasteiger partial charge in [0.25, 0.3) is 5.91 Å². The van der Waals surface area contributed by atoms with Gasteiger partial charge < -0.3 is 14.8 Å². The molecule has 5 heteroatoms. The fourth-order valence-electron chi connectivity index (χ4n) is 3.70. The van der Waals surface area contributed by atoms with E-state index in [1.165, 1.54) is 0 Å². The second-order valence-corrected chi connectivity index (χ2v) is 6.29. The molecule has 3 rings (SSSR count). The summed E-state index contributed by atoms with van der Waals surface area (Å²) in [6.45, 7) is 2.99. The zero-order valence-electron chi connectivity index (χ0n) is 12.6. The number of rotatable bonds is 3. The maximum Gasteiger partial charge on any atom is 0.335 e. The number of carbonyl (C=O) groups excluding carboxylic acids is 2. The third-order valence-electron chi connectivity index (χ3n) is 4.83. The quantitative estimate of drug-likeness (QED) is 0.807. The largest absolute Gasteiger partial charge is 0.451 e. The Kier molecular flexibility index (Phi) is 4.02. The van der Waals surface area contributed by atoms with Crippen LogP contribution in [0.2, 0.25) is 0 Å². The van der Waals surface area contributed by atoms with Crippen molar-refractivity contribution in [2.75, 3.05) is 13.2 Å². The lowest BCUT2D eigenvalue weighted by Gasteiger charge is -2.34. The van der Waals surface area contributed by atoms with Gasteiger partial charge in [-0.05, 0) is 45.4 Å². The van der Waals surface area contributed by atoms with Gasteiger partial charge in [0, 0.05) is 18.7 Å². The van der Waals surface area contributed by atoms with Gasteiger partial charge in [0.15, 0.2) is 0 Å². The van der Waals surface area contributed by atoms with Crippen LogP contribution in [0.5, 0.6) is 0 Å². The van der Waals surface area contributed by atoms with E-state index in [9.17, 15) is 9.59 Å². The summed E-state index contributed by atoms with van der Waals surface area (Å²) in [7, 11) is 0. The third kappa shape index (κ3) is 2.71. The van der Waals surface area contributed by atoms with Gasteiger partial charge in [0.1, 0.15) is 5.60 Å². The molecule has 1 saturated carbocycles. The van der Waals surface area contributed by atoms with Crippen LogP contribution in [0.15, 0.2) is 11.1 Å². The van der Waals surface area contributed by atoms with E-state index >= 15 is 0 Å². The predicted molar refractivity (Wildman–Crippen MR) is 76.6 cm³/mol. The van der Waals surface area contributed by atoms with Gasteiger partial charge in [0.2, 0.25) is 0 Å². The van der Waals surface area contributed by atoms with Gasteiger partial charge in [-0.15, -0.1) is 0 Å². The number of hydrogen-bond acceptors (Lipinski definition) is 4. The molecule has 3 aliphatic rings. The molecule has 1 aliphatic carbocycles. The summed E-state index contributed by atoms with van der Waals surface area (Å²) in [6.07, 6.45) is 6.81. The highest BCUT2D eigenvalue weighted by atomic mass is 16.6. The first kappa shape index (κ1) is 14.6. The van der Waals surface area contributed by atoms with E-state index in [2.05, 4.69) is 5.32 Å². The van der Waals surface area contributed by atoms with Crippen molar-refractivity contribution in [3.63, 3.8) is 0 Å². The van der Waals surface area contributed by atoms with Gasteiger partial charge in [-0.2, -0.15) is 0 Å². The summed E-state index contributed by atoms with van der Waals surface area (Å²) in [5.41, 5.74) is 0.368. The number of esters is 1. The fraction of sp³-hybridized carbons (Fsp3) is 0.750. The van der Waals surface area contributed by atoms with Gasteiger partial charge in [0.05, 0.1) is 11.7 Å². The van der Waals surface area contributed by atoms with Crippen LogP contribution < -0.4 is 5.32 Å². The summed E-state index contributed by atoms with van der Waals surface area (Å²) in [5, 5.41) is 2.94. The molecule has 2 aliphatic heterocycles. The number of carbonyl (C=O) groups is 2. The summed E-state index contributed by atoms with van der Waals surface area (Å²) >= 11 is 0. The second-order valence-electron chi connectivity index (χ2n) is 6.29. The Morgan fingerprint density at radius 2 is 2.05 bits per heavy atom. The lowest BCUT2D eigenvalue weighted by atomic mass is 9.78. The Bertz CT molecular complexity index is 471. The van der Waals surface area contributed by atoms with Crippen LogP contribution >= 0.6 is 0 Å². The highest BCUT2D eigenvalue weighted by Gasteiger charge is 2.49. The number of hydrogen-bond donors (Lipinski definition) is 1. The van der Waals surface area contributed by atoms with E-state index in [0.717, 1.165) is 51.6 Å². The number of ether oxygens (including phenoxy) is 2. The van der Waals surface area contributed by atoms with E-state index in [1.54, 1.807) is 6.92 Å². The Morgan fingerprint density at radius 1 is 1.29 bits per heavy atom. The van der Waals surface area contributed by atoms with Gasteiger partial charge in [-0.3, -0.25) is 4.79 Å². The molecule has 2 heterocycles. The molecular formula is C16H23NO4. The Hall–Kier alpha value is -1.36. The average Bonchev–Trinajstić information content (AvgIpc) is 3.06. The van der Waals surface area contributed by atoms with Crippen LogP contribution in [-0.2, 0) is 19.1 Å². The first-order valence-corrected chi connectivity index (χ1v) is 7.97. The van der Waals surface area contributed by atoms with Crippen LogP contribution in [0.3, 0.4) is 0 Å². The van der Waals surface area contributed by atoms with Crippen LogP contribution in [0, 0.1) is 0 Å².